The molecule has 0 saturated heterocycles. The van der Waals surface area contributed by atoms with Gasteiger partial charge in [0.1, 0.15) is 6.33 Å². The maximum absolute atomic E-state index is 11.3. The van der Waals surface area contributed by atoms with Crippen LogP contribution in [0.4, 0.5) is 5.82 Å². The molecule has 6 nitrogen and oxygen atoms in total. The molecule has 0 aliphatic rings. The maximum Gasteiger partial charge on any atom is 0.336 e. The third kappa shape index (κ3) is 3.62. The third-order valence-electron chi connectivity index (χ3n) is 4.09. The lowest BCUT2D eigenvalue weighted by Gasteiger charge is -2.01. The number of fused-ring (bicyclic) bond motifs is 1. The molecule has 0 spiro atoms. The lowest BCUT2D eigenvalue weighted by Crippen LogP contribution is -2.00. The Bertz CT molecular complexity index is 1210. The van der Waals surface area contributed by atoms with Crippen LogP contribution < -0.4 is 0 Å². The normalized spacial score (nSPS) is 11.3. The summed E-state index contributed by atoms with van der Waals surface area (Å²) < 4.78 is 0.799. The summed E-state index contributed by atoms with van der Waals surface area (Å²) in [6.07, 6.45) is 1.44. The summed E-state index contributed by atoms with van der Waals surface area (Å²) in [7, 11) is 0. The zero-order valence-electron chi connectivity index (χ0n) is 14.4. The van der Waals surface area contributed by atoms with Crippen LogP contribution in [0.25, 0.3) is 20.7 Å². The Labute approximate surface area is 169 Å². The Balaban J connectivity index is 1.66. The van der Waals surface area contributed by atoms with Crippen molar-refractivity contribution < 1.29 is 9.90 Å². The zero-order chi connectivity index (χ0) is 19.5. The Kier molecular flexibility index (Phi) is 5.10. The van der Waals surface area contributed by atoms with Gasteiger partial charge in [-0.3, -0.25) is 0 Å². The summed E-state index contributed by atoms with van der Waals surface area (Å²) in [5, 5.41) is 18.3. The summed E-state index contributed by atoms with van der Waals surface area (Å²) in [4.78, 5) is 20.8. The fourth-order valence-electron chi connectivity index (χ4n) is 2.75. The molecule has 0 amide bonds. The average Bonchev–Trinajstić information content (AvgIpc) is 3.13. The lowest BCUT2D eigenvalue weighted by molar-refractivity contribution is 0.0695. The zero-order valence-corrected chi connectivity index (χ0v) is 16.0. The van der Waals surface area contributed by atoms with Crippen LogP contribution in [0.2, 0.25) is 5.02 Å². The number of halogens is 1. The molecule has 2 heterocycles. The topological polar surface area (TPSA) is 87.8 Å². The van der Waals surface area contributed by atoms with E-state index in [1.807, 2.05) is 30.3 Å². The Morgan fingerprint density at radius 3 is 2.71 bits per heavy atom. The van der Waals surface area contributed by atoms with E-state index in [2.05, 4.69) is 20.2 Å². The van der Waals surface area contributed by atoms with E-state index in [1.54, 1.807) is 24.3 Å². The van der Waals surface area contributed by atoms with Crippen molar-refractivity contribution in [2.24, 2.45) is 10.2 Å². The first-order valence-corrected chi connectivity index (χ1v) is 9.51. The quantitative estimate of drug-likeness (QED) is 0.410. The summed E-state index contributed by atoms with van der Waals surface area (Å²) in [6, 6.07) is 16.3. The van der Waals surface area contributed by atoms with Gasteiger partial charge in [0.15, 0.2) is 5.82 Å². The smallest absolute Gasteiger partial charge is 0.336 e. The molecule has 2 aromatic carbocycles. The number of rotatable bonds is 5. The van der Waals surface area contributed by atoms with Crippen LogP contribution in [0, 0.1) is 0 Å². The number of nitrogens with zero attached hydrogens (tertiary/aromatic N) is 4. The molecule has 0 radical (unpaired) electrons. The van der Waals surface area contributed by atoms with Gasteiger partial charge in [0.05, 0.1) is 22.3 Å². The van der Waals surface area contributed by atoms with E-state index < -0.39 is 5.97 Å². The first kappa shape index (κ1) is 18.2. The molecule has 0 bridgehead atoms. The number of azo groups is 1. The van der Waals surface area contributed by atoms with Gasteiger partial charge in [-0.1, -0.05) is 48.0 Å². The van der Waals surface area contributed by atoms with E-state index in [0.29, 0.717) is 16.4 Å². The molecule has 8 heteroatoms. The molecule has 0 unspecified atom stereocenters. The molecular formula is C20H13ClN4O2S. The van der Waals surface area contributed by atoms with E-state index in [-0.39, 0.29) is 12.1 Å². The van der Waals surface area contributed by atoms with Crippen molar-refractivity contribution in [2.75, 3.05) is 0 Å². The van der Waals surface area contributed by atoms with Gasteiger partial charge in [0, 0.05) is 15.5 Å². The Morgan fingerprint density at radius 1 is 1.11 bits per heavy atom. The van der Waals surface area contributed by atoms with Crippen molar-refractivity contribution in [3.8, 4) is 10.4 Å². The van der Waals surface area contributed by atoms with Gasteiger partial charge in [-0.2, -0.15) is 5.11 Å². The van der Waals surface area contributed by atoms with Gasteiger partial charge in [0.2, 0.25) is 0 Å². The summed E-state index contributed by atoms with van der Waals surface area (Å²) in [6.45, 7) is 0.150. The average molecular weight is 409 g/mol. The van der Waals surface area contributed by atoms with Crippen LogP contribution in [-0.4, -0.2) is 21.0 Å². The third-order valence-corrected chi connectivity index (χ3v) is 5.57. The summed E-state index contributed by atoms with van der Waals surface area (Å²) in [5.74, 6) is -0.543. The fraction of sp³-hybridized carbons (Fsp3) is 0.0500. The summed E-state index contributed by atoms with van der Waals surface area (Å²) in [5.41, 5.74) is 2.48. The fourth-order valence-corrected chi connectivity index (χ4v) is 4.13. The highest BCUT2D eigenvalue weighted by molar-refractivity contribution is 7.22. The molecule has 4 rings (SSSR count). The van der Waals surface area contributed by atoms with Crippen LogP contribution in [0.15, 0.2) is 71.2 Å². The summed E-state index contributed by atoms with van der Waals surface area (Å²) >= 11 is 7.79. The monoisotopic (exact) mass is 408 g/mol. The number of aromatic carboxylic acids is 1. The molecule has 0 saturated carbocycles. The number of aromatic nitrogens is 2. The SMILES string of the molecule is O=C(O)c1ccccc1CN=Nc1ncnc2cc(-c3ccccc3Cl)sc12. The van der Waals surface area contributed by atoms with Gasteiger partial charge in [-0.05, 0) is 23.8 Å². The first-order valence-electron chi connectivity index (χ1n) is 8.31. The van der Waals surface area contributed by atoms with Crippen LogP contribution in [0.1, 0.15) is 15.9 Å². The standard InChI is InChI=1S/C20H13ClN4O2S/c21-15-8-4-3-7-14(15)17-9-16-18(28-17)19(23-11-22-16)25-24-10-12-5-1-2-6-13(12)20(26)27/h1-9,11H,10H2,(H,26,27). The molecule has 2 aromatic heterocycles. The largest absolute Gasteiger partial charge is 0.478 e. The molecular weight excluding hydrogens is 396 g/mol. The molecule has 0 fully saturated rings. The van der Waals surface area contributed by atoms with E-state index in [0.717, 1.165) is 20.7 Å². The van der Waals surface area contributed by atoms with Gasteiger partial charge in [-0.15, -0.1) is 16.5 Å². The number of hydrogen-bond acceptors (Lipinski definition) is 6. The van der Waals surface area contributed by atoms with Gasteiger partial charge in [0.25, 0.3) is 0 Å². The molecule has 0 aliphatic heterocycles. The molecule has 4 aromatic rings. The molecule has 0 atom stereocenters. The number of carboxylic acid groups (broad SMARTS) is 1. The van der Waals surface area contributed by atoms with Crippen LogP contribution in [0.5, 0.6) is 0 Å². The minimum absolute atomic E-state index is 0.150. The number of hydrogen-bond donors (Lipinski definition) is 1. The number of thiophene rings is 1. The molecule has 28 heavy (non-hydrogen) atoms. The van der Waals surface area contributed by atoms with E-state index >= 15 is 0 Å². The van der Waals surface area contributed by atoms with Crippen molar-refractivity contribution in [1.29, 1.82) is 0 Å². The second kappa shape index (κ2) is 7.84. The van der Waals surface area contributed by atoms with E-state index in [1.165, 1.54) is 17.7 Å². The highest BCUT2D eigenvalue weighted by Gasteiger charge is 2.12. The van der Waals surface area contributed by atoms with Crippen molar-refractivity contribution in [2.45, 2.75) is 6.54 Å². The number of carboxylic acids is 1. The van der Waals surface area contributed by atoms with Crippen molar-refractivity contribution >= 4 is 44.9 Å². The molecule has 1 N–H and O–H groups in total. The van der Waals surface area contributed by atoms with Crippen LogP contribution in [-0.2, 0) is 6.54 Å². The predicted molar refractivity (Wildman–Crippen MR) is 109 cm³/mol. The highest BCUT2D eigenvalue weighted by Crippen LogP contribution is 2.39. The minimum Gasteiger partial charge on any atom is -0.478 e. The second-order valence-corrected chi connectivity index (χ2v) is 7.32. The van der Waals surface area contributed by atoms with Gasteiger partial charge >= 0.3 is 5.97 Å². The van der Waals surface area contributed by atoms with Crippen molar-refractivity contribution in [3.63, 3.8) is 0 Å². The van der Waals surface area contributed by atoms with Crippen molar-refractivity contribution in [1.82, 2.24) is 9.97 Å². The Morgan fingerprint density at radius 2 is 1.89 bits per heavy atom. The minimum atomic E-state index is -0.988. The number of benzene rings is 2. The maximum atomic E-state index is 11.3. The second-order valence-electron chi connectivity index (χ2n) is 5.86. The van der Waals surface area contributed by atoms with Crippen molar-refractivity contribution in [3.05, 3.63) is 77.1 Å². The highest BCUT2D eigenvalue weighted by atomic mass is 35.5. The Hall–Kier alpha value is -3.16. The first-order chi connectivity index (χ1) is 13.6. The van der Waals surface area contributed by atoms with E-state index in [4.69, 9.17) is 11.6 Å². The lowest BCUT2D eigenvalue weighted by atomic mass is 10.1. The van der Waals surface area contributed by atoms with Gasteiger partial charge < -0.3 is 5.11 Å². The van der Waals surface area contributed by atoms with Gasteiger partial charge in [-0.25, -0.2) is 14.8 Å². The predicted octanol–water partition coefficient (Wildman–Crippen LogP) is 5.99. The van der Waals surface area contributed by atoms with Crippen LogP contribution >= 0.6 is 22.9 Å². The van der Waals surface area contributed by atoms with Crippen LogP contribution in [0.3, 0.4) is 0 Å². The molecule has 0 aliphatic carbocycles. The number of carbonyl (C=O) groups is 1. The molecule has 138 valence electrons. The van der Waals surface area contributed by atoms with E-state index in [9.17, 15) is 9.90 Å².